The summed E-state index contributed by atoms with van der Waals surface area (Å²) >= 11 is 0. The van der Waals surface area contributed by atoms with Crippen LogP contribution in [0.1, 0.15) is 48.0 Å². The maximum atomic E-state index is 12.5. The number of aliphatic hydroxyl groups excluding tert-OH is 1. The van der Waals surface area contributed by atoms with Crippen molar-refractivity contribution in [3.8, 4) is 11.1 Å². The van der Waals surface area contributed by atoms with Crippen LogP contribution in [0.2, 0.25) is 0 Å². The van der Waals surface area contributed by atoms with Crippen LogP contribution in [-0.4, -0.2) is 84.0 Å². The summed E-state index contributed by atoms with van der Waals surface area (Å²) in [6, 6.07) is 16.5. The molecule has 3 atom stereocenters. The van der Waals surface area contributed by atoms with Gasteiger partial charge >= 0.3 is 0 Å². The molecule has 33 heavy (non-hydrogen) atoms. The van der Waals surface area contributed by atoms with Crippen LogP contribution in [0.5, 0.6) is 0 Å². The zero-order valence-corrected chi connectivity index (χ0v) is 19.9. The van der Waals surface area contributed by atoms with Crippen molar-refractivity contribution in [1.82, 2.24) is 14.7 Å². The summed E-state index contributed by atoms with van der Waals surface area (Å²) in [6.07, 6.45) is 2.60. The lowest BCUT2D eigenvalue weighted by Gasteiger charge is -2.57. The van der Waals surface area contributed by atoms with Gasteiger partial charge in [0.15, 0.2) is 0 Å². The molecule has 2 aromatic carbocycles. The number of aliphatic hydroxyl groups is 1. The van der Waals surface area contributed by atoms with Crippen LogP contribution >= 0.6 is 0 Å². The molecule has 0 radical (unpaired) electrons. The maximum absolute atomic E-state index is 12.5. The fourth-order valence-corrected chi connectivity index (χ4v) is 5.38. The molecule has 2 heterocycles. The van der Waals surface area contributed by atoms with Gasteiger partial charge in [0, 0.05) is 57.2 Å². The van der Waals surface area contributed by atoms with E-state index in [-0.39, 0.29) is 36.4 Å². The lowest BCUT2D eigenvalue weighted by molar-refractivity contribution is -0.136. The minimum absolute atomic E-state index is 0.00993. The Hall–Kier alpha value is -2.70. The summed E-state index contributed by atoms with van der Waals surface area (Å²) in [6.45, 7) is 4.58. The van der Waals surface area contributed by atoms with E-state index >= 15 is 0 Å². The van der Waals surface area contributed by atoms with E-state index in [1.54, 1.807) is 19.0 Å². The van der Waals surface area contributed by atoms with Crippen molar-refractivity contribution in [2.75, 3.05) is 40.3 Å². The average molecular weight is 450 g/mol. The third kappa shape index (κ3) is 4.68. The fraction of sp³-hybridized carbons (Fsp3) is 0.481. The predicted octanol–water partition coefficient (Wildman–Crippen LogP) is 3.22. The molecular weight excluding hydrogens is 414 g/mol. The van der Waals surface area contributed by atoms with E-state index in [1.807, 2.05) is 36.1 Å². The Morgan fingerprint density at radius 1 is 1.03 bits per heavy atom. The normalized spacial score (nSPS) is 23.2. The van der Waals surface area contributed by atoms with Gasteiger partial charge in [-0.15, -0.1) is 0 Å². The molecule has 1 N–H and O–H groups in total. The smallest absolute Gasteiger partial charge is 0.253 e. The first-order chi connectivity index (χ1) is 15.9. The fourth-order valence-electron chi connectivity index (χ4n) is 5.38. The van der Waals surface area contributed by atoms with Crippen LogP contribution in [0.4, 0.5) is 0 Å². The summed E-state index contributed by atoms with van der Waals surface area (Å²) in [5.41, 5.74) is 3.94. The van der Waals surface area contributed by atoms with Gasteiger partial charge < -0.3 is 14.9 Å². The van der Waals surface area contributed by atoms with Crippen molar-refractivity contribution in [1.29, 1.82) is 0 Å². The lowest BCUT2D eigenvalue weighted by Crippen LogP contribution is -2.67. The number of hydrogen-bond acceptors (Lipinski definition) is 4. The standard InChI is InChI=1S/C27H35N3O3/c1-4-25(32)29-14-5-6-15-30-23(17-29)26(24(30)18-31)20-12-10-19(11-13-20)21-8-7-9-22(16-21)27(33)28(2)3/h7-13,16,23-24,26,31H,4-6,14-15,17-18H2,1-3H3/t23-,24-,26-/m1/s1. The summed E-state index contributed by atoms with van der Waals surface area (Å²) in [5.74, 6) is 0.408. The molecule has 2 aromatic rings. The van der Waals surface area contributed by atoms with Crippen molar-refractivity contribution in [3.63, 3.8) is 0 Å². The van der Waals surface area contributed by atoms with E-state index in [1.165, 1.54) is 5.56 Å². The molecule has 4 rings (SSSR count). The molecule has 6 nitrogen and oxygen atoms in total. The van der Waals surface area contributed by atoms with E-state index < -0.39 is 0 Å². The van der Waals surface area contributed by atoms with Crippen LogP contribution < -0.4 is 0 Å². The highest BCUT2D eigenvalue weighted by atomic mass is 16.3. The predicted molar refractivity (Wildman–Crippen MR) is 130 cm³/mol. The Balaban J connectivity index is 1.57. The number of nitrogens with zero attached hydrogens (tertiary/aromatic N) is 3. The molecule has 0 aromatic heterocycles. The second-order valence-corrected chi connectivity index (χ2v) is 9.38. The Labute approximate surface area is 196 Å². The first-order valence-electron chi connectivity index (χ1n) is 12.0. The number of fused-ring (bicyclic) bond motifs is 1. The molecule has 2 saturated heterocycles. The molecule has 0 aliphatic carbocycles. The Kier molecular flexibility index (Phi) is 7.15. The van der Waals surface area contributed by atoms with Crippen molar-refractivity contribution in [2.24, 2.45) is 0 Å². The van der Waals surface area contributed by atoms with Gasteiger partial charge in [-0.25, -0.2) is 0 Å². The molecule has 2 aliphatic rings. The Bertz CT molecular complexity index is 988. The van der Waals surface area contributed by atoms with Gasteiger partial charge in [0.2, 0.25) is 5.91 Å². The van der Waals surface area contributed by atoms with Gasteiger partial charge in [0.1, 0.15) is 0 Å². The quantitative estimate of drug-likeness (QED) is 0.761. The van der Waals surface area contributed by atoms with Crippen molar-refractivity contribution < 1.29 is 14.7 Å². The van der Waals surface area contributed by atoms with Crippen LogP contribution in [0.15, 0.2) is 48.5 Å². The maximum Gasteiger partial charge on any atom is 0.253 e. The minimum atomic E-state index is -0.00993. The van der Waals surface area contributed by atoms with Gasteiger partial charge in [-0.05, 0) is 48.2 Å². The summed E-state index contributed by atoms with van der Waals surface area (Å²) in [5, 5.41) is 10.1. The van der Waals surface area contributed by atoms with E-state index in [9.17, 15) is 14.7 Å². The molecule has 0 bridgehead atoms. The highest BCUT2D eigenvalue weighted by Crippen LogP contribution is 2.42. The number of amides is 2. The summed E-state index contributed by atoms with van der Waals surface area (Å²) < 4.78 is 0. The second kappa shape index (κ2) is 10.1. The zero-order valence-electron chi connectivity index (χ0n) is 19.9. The van der Waals surface area contributed by atoms with Gasteiger partial charge in [-0.2, -0.15) is 0 Å². The molecule has 6 heteroatoms. The van der Waals surface area contributed by atoms with Crippen molar-refractivity contribution >= 4 is 11.8 Å². The number of hydrogen-bond donors (Lipinski definition) is 1. The van der Waals surface area contributed by atoms with Crippen LogP contribution in [0.3, 0.4) is 0 Å². The largest absolute Gasteiger partial charge is 0.395 e. The van der Waals surface area contributed by atoms with E-state index in [0.717, 1.165) is 43.6 Å². The summed E-state index contributed by atoms with van der Waals surface area (Å²) in [7, 11) is 3.52. The first-order valence-corrected chi connectivity index (χ1v) is 12.0. The first kappa shape index (κ1) is 23.5. The number of carbonyl (C=O) groups excluding carboxylic acids is 2. The molecule has 2 amide bonds. The monoisotopic (exact) mass is 449 g/mol. The number of carbonyl (C=O) groups is 2. The van der Waals surface area contributed by atoms with Gasteiger partial charge in [-0.1, -0.05) is 43.3 Å². The molecule has 0 saturated carbocycles. The highest BCUT2D eigenvalue weighted by molar-refractivity contribution is 5.95. The van der Waals surface area contributed by atoms with Crippen LogP contribution in [-0.2, 0) is 4.79 Å². The van der Waals surface area contributed by atoms with E-state index in [0.29, 0.717) is 12.0 Å². The third-order valence-corrected chi connectivity index (χ3v) is 7.17. The van der Waals surface area contributed by atoms with Crippen LogP contribution in [0, 0.1) is 0 Å². The molecule has 2 aliphatic heterocycles. The van der Waals surface area contributed by atoms with Crippen molar-refractivity contribution in [2.45, 2.75) is 44.2 Å². The lowest BCUT2D eigenvalue weighted by atomic mass is 9.74. The van der Waals surface area contributed by atoms with Gasteiger partial charge in [0.25, 0.3) is 5.91 Å². The Morgan fingerprint density at radius 3 is 2.42 bits per heavy atom. The second-order valence-electron chi connectivity index (χ2n) is 9.38. The van der Waals surface area contributed by atoms with E-state index in [2.05, 4.69) is 29.2 Å². The Morgan fingerprint density at radius 2 is 1.76 bits per heavy atom. The number of benzene rings is 2. The molecule has 2 fully saturated rings. The van der Waals surface area contributed by atoms with E-state index in [4.69, 9.17) is 0 Å². The average Bonchev–Trinajstić information content (AvgIpc) is 2.82. The molecule has 176 valence electrons. The van der Waals surface area contributed by atoms with Gasteiger partial charge in [0.05, 0.1) is 6.61 Å². The molecule has 0 unspecified atom stereocenters. The molecule has 0 spiro atoms. The zero-order chi connectivity index (χ0) is 23.5. The molecular formula is C27H35N3O3. The third-order valence-electron chi connectivity index (χ3n) is 7.17. The highest BCUT2D eigenvalue weighted by Gasteiger charge is 2.49. The van der Waals surface area contributed by atoms with Crippen LogP contribution in [0.25, 0.3) is 11.1 Å². The summed E-state index contributed by atoms with van der Waals surface area (Å²) in [4.78, 5) is 30.8. The topological polar surface area (TPSA) is 64.1 Å². The van der Waals surface area contributed by atoms with Crippen molar-refractivity contribution in [3.05, 3.63) is 59.7 Å². The SMILES string of the molecule is CCC(=O)N1CCCCN2[C@H](CO)[C@H](c3ccc(-c4cccc(C(=O)N(C)C)c4)cc3)[C@H]2C1. The number of rotatable bonds is 5. The van der Waals surface area contributed by atoms with Gasteiger partial charge in [-0.3, -0.25) is 14.5 Å². The minimum Gasteiger partial charge on any atom is -0.395 e.